The van der Waals surface area contributed by atoms with Gasteiger partial charge in [-0.05, 0) is 30.5 Å². The van der Waals surface area contributed by atoms with Gasteiger partial charge in [-0.3, -0.25) is 0 Å². The van der Waals surface area contributed by atoms with Crippen molar-refractivity contribution in [1.29, 1.82) is 0 Å². The van der Waals surface area contributed by atoms with Crippen molar-refractivity contribution in [3.63, 3.8) is 0 Å². The van der Waals surface area contributed by atoms with Crippen molar-refractivity contribution in [2.45, 2.75) is 19.3 Å². The molecule has 0 aromatic heterocycles. The van der Waals surface area contributed by atoms with Crippen LogP contribution in [0.1, 0.15) is 29.6 Å². The summed E-state index contributed by atoms with van der Waals surface area (Å²) in [5.74, 6) is 0.725. The topological polar surface area (TPSA) is 55.8 Å². The van der Waals surface area contributed by atoms with Crippen LogP contribution in [0.2, 0.25) is 0 Å². The molecular formula is C13H16O4. The molecule has 0 spiro atoms. The molecule has 92 valence electrons. The van der Waals surface area contributed by atoms with E-state index in [0.717, 1.165) is 12.3 Å². The van der Waals surface area contributed by atoms with E-state index in [-0.39, 0.29) is 5.56 Å². The second-order valence-electron chi connectivity index (χ2n) is 4.25. The average molecular weight is 236 g/mol. The van der Waals surface area contributed by atoms with E-state index < -0.39 is 5.97 Å². The van der Waals surface area contributed by atoms with Gasteiger partial charge in [0, 0.05) is 0 Å². The molecular weight excluding hydrogens is 220 g/mol. The van der Waals surface area contributed by atoms with E-state index in [4.69, 9.17) is 14.6 Å². The third kappa shape index (κ3) is 3.12. The molecule has 0 amide bonds. The van der Waals surface area contributed by atoms with Gasteiger partial charge in [0.25, 0.3) is 0 Å². The van der Waals surface area contributed by atoms with Crippen molar-refractivity contribution >= 4 is 5.97 Å². The van der Waals surface area contributed by atoms with Crippen LogP contribution in [0.3, 0.4) is 0 Å². The Morgan fingerprint density at radius 3 is 2.82 bits per heavy atom. The van der Waals surface area contributed by atoms with Gasteiger partial charge in [0.15, 0.2) is 0 Å². The molecule has 0 radical (unpaired) electrons. The highest BCUT2D eigenvalue weighted by molar-refractivity contribution is 5.91. The normalized spacial score (nSPS) is 14.4. The average Bonchev–Trinajstić information content (AvgIpc) is 3.13. The number of rotatable bonds is 6. The molecule has 1 saturated carbocycles. The van der Waals surface area contributed by atoms with Crippen LogP contribution in [0.4, 0.5) is 0 Å². The first kappa shape index (κ1) is 11.8. The SMILES string of the molecule is COc1ccc(OCCC2CC2)c(C(=O)O)c1. The minimum atomic E-state index is -0.995. The Kier molecular flexibility index (Phi) is 3.52. The van der Waals surface area contributed by atoms with Crippen LogP contribution in [0, 0.1) is 5.92 Å². The first-order chi connectivity index (χ1) is 8.20. The summed E-state index contributed by atoms with van der Waals surface area (Å²) in [6, 6.07) is 4.84. The summed E-state index contributed by atoms with van der Waals surface area (Å²) in [5, 5.41) is 9.07. The van der Waals surface area contributed by atoms with E-state index >= 15 is 0 Å². The Balaban J connectivity index is 2.04. The molecule has 1 aliphatic rings. The van der Waals surface area contributed by atoms with E-state index in [9.17, 15) is 4.79 Å². The number of carboxylic acids is 1. The monoisotopic (exact) mass is 236 g/mol. The minimum absolute atomic E-state index is 0.153. The number of carbonyl (C=O) groups is 1. The van der Waals surface area contributed by atoms with Gasteiger partial charge >= 0.3 is 5.97 Å². The van der Waals surface area contributed by atoms with Crippen LogP contribution in [0.15, 0.2) is 18.2 Å². The maximum atomic E-state index is 11.1. The van der Waals surface area contributed by atoms with Gasteiger partial charge in [0.2, 0.25) is 0 Å². The number of hydrogen-bond donors (Lipinski definition) is 1. The molecule has 1 N–H and O–H groups in total. The molecule has 1 aromatic carbocycles. The Morgan fingerprint density at radius 1 is 1.47 bits per heavy atom. The lowest BCUT2D eigenvalue weighted by molar-refractivity contribution is 0.0691. The fraction of sp³-hybridized carbons (Fsp3) is 0.462. The Hall–Kier alpha value is -1.71. The lowest BCUT2D eigenvalue weighted by atomic mass is 10.2. The lowest BCUT2D eigenvalue weighted by Gasteiger charge is -2.10. The predicted molar refractivity (Wildman–Crippen MR) is 62.8 cm³/mol. The van der Waals surface area contributed by atoms with E-state index in [2.05, 4.69) is 0 Å². The summed E-state index contributed by atoms with van der Waals surface area (Å²) in [4.78, 5) is 11.1. The van der Waals surface area contributed by atoms with Crippen LogP contribution in [0.5, 0.6) is 11.5 Å². The van der Waals surface area contributed by atoms with Gasteiger partial charge in [0.05, 0.1) is 13.7 Å². The molecule has 4 heteroatoms. The smallest absolute Gasteiger partial charge is 0.339 e. The maximum Gasteiger partial charge on any atom is 0.339 e. The van der Waals surface area contributed by atoms with Crippen molar-refractivity contribution in [3.05, 3.63) is 23.8 Å². The molecule has 1 fully saturated rings. The lowest BCUT2D eigenvalue weighted by Crippen LogP contribution is -2.05. The summed E-state index contributed by atoms with van der Waals surface area (Å²) >= 11 is 0. The summed E-state index contributed by atoms with van der Waals surface area (Å²) in [5.41, 5.74) is 0.153. The van der Waals surface area contributed by atoms with E-state index in [1.807, 2.05) is 0 Å². The van der Waals surface area contributed by atoms with Gasteiger partial charge in [-0.25, -0.2) is 4.79 Å². The third-order valence-corrected chi connectivity index (χ3v) is 2.90. The van der Waals surface area contributed by atoms with E-state index in [1.165, 1.54) is 26.0 Å². The Labute approximate surface area is 100 Å². The fourth-order valence-electron chi connectivity index (χ4n) is 1.67. The molecule has 0 bridgehead atoms. The number of methoxy groups -OCH3 is 1. The van der Waals surface area contributed by atoms with Crippen LogP contribution < -0.4 is 9.47 Å². The standard InChI is InChI=1S/C13H16O4/c1-16-10-4-5-12(11(8-10)13(14)15)17-7-6-9-2-3-9/h4-5,8-9H,2-3,6-7H2,1H3,(H,14,15). The molecule has 1 aromatic rings. The van der Waals surface area contributed by atoms with E-state index in [1.54, 1.807) is 12.1 Å². The zero-order valence-electron chi connectivity index (χ0n) is 9.81. The van der Waals surface area contributed by atoms with Crippen LogP contribution in [-0.4, -0.2) is 24.8 Å². The van der Waals surface area contributed by atoms with Crippen molar-refractivity contribution in [3.8, 4) is 11.5 Å². The van der Waals surface area contributed by atoms with Gasteiger partial charge in [-0.2, -0.15) is 0 Å². The zero-order chi connectivity index (χ0) is 12.3. The molecule has 0 atom stereocenters. The third-order valence-electron chi connectivity index (χ3n) is 2.90. The number of hydrogen-bond acceptors (Lipinski definition) is 3. The number of aromatic carboxylic acids is 1. The first-order valence-corrected chi connectivity index (χ1v) is 5.75. The van der Waals surface area contributed by atoms with Crippen molar-refractivity contribution in [2.24, 2.45) is 5.92 Å². The largest absolute Gasteiger partial charge is 0.497 e. The highest BCUT2D eigenvalue weighted by Crippen LogP contribution is 2.32. The molecule has 0 aliphatic heterocycles. The quantitative estimate of drug-likeness (QED) is 0.824. The molecule has 0 heterocycles. The molecule has 17 heavy (non-hydrogen) atoms. The zero-order valence-corrected chi connectivity index (χ0v) is 9.81. The maximum absolute atomic E-state index is 11.1. The summed E-state index contributed by atoms with van der Waals surface area (Å²) in [6.07, 6.45) is 3.56. The summed E-state index contributed by atoms with van der Waals surface area (Å²) in [7, 11) is 1.51. The predicted octanol–water partition coefficient (Wildman–Crippen LogP) is 2.57. The Morgan fingerprint density at radius 2 is 2.24 bits per heavy atom. The number of ether oxygens (including phenoxy) is 2. The van der Waals surface area contributed by atoms with E-state index in [0.29, 0.717) is 18.1 Å². The van der Waals surface area contributed by atoms with Gasteiger partial charge in [-0.15, -0.1) is 0 Å². The number of benzene rings is 1. The highest BCUT2D eigenvalue weighted by Gasteiger charge is 2.21. The van der Waals surface area contributed by atoms with Gasteiger partial charge in [0.1, 0.15) is 17.1 Å². The molecule has 0 unspecified atom stereocenters. The summed E-state index contributed by atoms with van der Waals surface area (Å²) in [6.45, 7) is 0.581. The van der Waals surface area contributed by atoms with Crippen LogP contribution >= 0.6 is 0 Å². The van der Waals surface area contributed by atoms with Crippen molar-refractivity contribution in [2.75, 3.05) is 13.7 Å². The van der Waals surface area contributed by atoms with Gasteiger partial charge in [-0.1, -0.05) is 12.8 Å². The van der Waals surface area contributed by atoms with Crippen LogP contribution in [-0.2, 0) is 0 Å². The summed E-state index contributed by atoms with van der Waals surface area (Å²) < 4.78 is 10.5. The molecule has 4 nitrogen and oxygen atoms in total. The van der Waals surface area contributed by atoms with Gasteiger partial charge < -0.3 is 14.6 Å². The van der Waals surface area contributed by atoms with Crippen LogP contribution in [0.25, 0.3) is 0 Å². The fourth-order valence-corrected chi connectivity index (χ4v) is 1.67. The first-order valence-electron chi connectivity index (χ1n) is 5.75. The highest BCUT2D eigenvalue weighted by atomic mass is 16.5. The molecule has 1 aliphatic carbocycles. The van der Waals surface area contributed by atoms with Crippen molar-refractivity contribution < 1.29 is 19.4 Å². The van der Waals surface area contributed by atoms with Crippen molar-refractivity contribution in [1.82, 2.24) is 0 Å². The minimum Gasteiger partial charge on any atom is -0.497 e. The molecule has 0 saturated heterocycles. The second-order valence-corrected chi connectivity index (χ2v) is 4.25. The Bertz CT molecular complexity index is 410. The number of carboxylic acid groups (broad SMARTS) is 1. The molecule has 2 rings (SSSR count). The second kappa shape index (κ2) is 5.08.